The molecule has 0 atom stereocenters. The molecule has 0 fully saturated rings. The quantitative estimate of drug-likeness (QED) is 0.670. The van der Waals surface area contributed by atoms with Crippen LogP contribution in [0.5, 0.6) is 11.5 Å². The monoisotopic (exact) mass is 393 g/mol. The molecule has 0 aliphatic rings. The van der Waals surface area contributed by atoms with E-state index in [1.165, 1.54) is 0 Å². The predicted octanol–water partition coefficient (Wildman–Crippen LogP) is 4.50. The highest BCUT2D eigenvalue weighted by atomic mass is 16.5. The Morgan fingerprint density at radius 1 is 1.00 bits per heavy atom. The molecule has 0 aliphatic heterocycles. The summed E-state index contributed by atoms with van der Waals surface area (Å²) in [7, 11) is 3.11. The molecule has 1 amide bonds. The van der Waals surface area contributed by atoms with Crippen LogP contribution in [-0.2, 0) is 12.0 Å². The van der Waals surface area contributed by atoms with Gasteiger partial charge < -0.3 is 14.8 Å². The zero-order valence-electron chi connectivity index (χ0n) is 17.5. The first-order valence-corrected chi connectivity index (χ1v) is 9.47. The topological polar surface area (TPSA) is 65.4 Å². The number of carbonyl (C=O) groups excluding carboxylic acids is 1. The highest BCUT2D eigenvalue weighted by Crippen LogP contribution is 2.26. The Morgan fingerprint density at radius 3 is 2.17 bits per heavy atom. The SMILES string of the molecule is COc1cc(OC)cc(C(=O)Nc2cc(C(C)(C)C)nn2Cc2ccccc2)c1. The van der Waals surface area contributed by atoms with Gasteiger partial charge in [0.2, 0.25) is 0 Å². The Morgan fingerprint density at radius 2 is 1.62 bits per heavy atom. The Hall–Kier alpha value is -3.28. The summed E-state index contributed by atoms with van der Waals surface area (Å²) in [4.78, 5) is 13.0. The van der Waals surface area contributed by atoms with E-state index in [1.807, 2.05) is 41.1 Å². The van der Waals surface area contributed by atoms with Crippen molar-refractivity contribution in [2.24, 2.45) is 0 Å². The van der Waals surface area contributed by atoms with E-state index in [-0.39, 0.29) is 11.3 Å². The number of carbonyl (C=O) groups is 1. The van der Waals surface area contributed by atoms with Crippen LogP contribution in [0.1, 0.15) is 42.4 Å². The van der Waals surface area contributed by atoms with Crippen LogP contribution in [-0.4, -0.2) is 29.9 Å². The van der Waals surface area contributed by atoms with Crippen molar-refractivity contribution in [3.63, 3.8) is 0 Å². The standard InChI is InChI=1S/C23H27N3O3/c1-23(2,3)20-14-21(26(25-20)15-16-9-7-6-8-10-16)24-22(27)17-11-18(28-4)13-19(12-17)29-5/h6-14H,15H2,1-5H3,(H,24,27). The van der Waals surface area contributed by atoms with Crippen molar-refractivity contribution >= 4 is 11.7 Å². The number of hydrogen-bond donors (Lipinski definition) is 1. The molecular weight excluding hydrogens is 366 g/mol. The van der Waals surface area contributed by atoms with Crippen molar-refractivity contribution < 1.29 is 14.3 Å². The van der Waals surface area contributed by atoms with Crippen LogP contribution in [0.4, 0.5) is 5.82 Å². The molecule has 1 aromatic heterocycles. The fourth-order valence-corrected chi connectivity index (χ4v) is 2.89. The van der Waals surface area contributed by atoms with Crippen molar-refractivity contribution in [2.75, 3.05) is 19.5 Å². The maximum absolute atomic E-state index is 13.0. The van der Waals surface area contributed by atoms with Gasteiger partial charge in [0.05, 0.1) is 26.5 Å². The number of benzene rings is 2. The van der Waals surface area contributed by atoms with Gasteiger partial charge in [-0.1, -0.05) is 51.1 Å². The predicted molar refractivity (Wildman–Crippen MR) is 114 cm³/mol. The average Bonchev–Trinajstić information content (AvgIpc) is 3.11. The third-order valence-electron chi connectivity index (χ3n) is 4.58. The average molecular weight is 393 g/mol. The van der Waals surface area contributed by atoms with Crippen molar-refractivity contribution in [1.82, 2.24) is 9.78 Å². The molecule has 0 radical (unpaired) electrons. The summed E-state index contributed by atoms with van der Waals surface area (Å²) in [6.45, 7) is 6.86. The van der Waals surface area contributed by atoms with Crippen LogP contribution < -0.4 is 14.8 Å². The van der Waals surface area contributed by atoms with Crippen molar-refractivity contribution in [1.29, 1.82) is 0 Å². The lowest BCUT2D eigenvalue weighted by atomic mass is 9.92. The lowest BCUT2D eigenvalue weighted by Crippen LogP contribution is -2.16. The summed E-state index contributed by atoms with van der Waals surface area (Å²) in [5, 5.41) is 7.74. The van der Waals surface area contributed by atoms with Gasteiger partial charge in [-0.15, -0.1) is 0 Å². The van der Waals surface area contributed by atoms with Crippen LogP contribution in [0.3, 0.4) is 0 Å². The summed E-state index contributed by atoms with van der Waals surface area (Å²) in [5.74, 6) is 1.51. The third-order valence-corrected chi connectivity index (χ3v) is 4.58. The molecule has 0 unspecified atom stereocenters. The van der Waals surface area contributed by atoms with Crippen molar-refractivity contribution in [3.05, 3.63) is 71.4 Å². The van der Waals surface area contributed by atoms with Gasteiger partial charge in [0.1, 0.15) is 17.3 Å². The van der Waals surface area contributed by atoms with Crippen LogP contribution in [0.15, 0.2) is 54.6 Å². The number of nitrogens with one attached hydrogen (secondary N) is 1. The first kappa shape index (κ1) is 20.5. The highest BCUT2D eigenvalue weighted by Gasteiger charge is 2.21. The molecule has 3 aromatic rings. The van der Waals surface area contributed by atoms with Gasteiger partial charge in [-0.2, -0.15) is 5.10 Å². The Balaban J connectivity index is 1.93. The molecule has 0 bridgehead atoms. The summed E-state index contributed by atoms with van der Waals surface area (Å²) in [6, 6.07) is 17.1. The molecular formula is C23H27N3O3. The summed E-state index contributed by atoms with van der Waals surface area (Å²) < 4.78 is 12.4. The minimum absolute atomic E-state index is 0.138. The Kier molecular flexibility index (Phi) is 5.92. The second-order valence-corrected chi connectivity index (χ2v) is 7.86. The number of rotatable bonds is 6. The lowest BCUT2D eigenvalue weighted by molar-refractivity contribution is 0.102. The molecule has 2 aromatic carbocycles. The fraction of sp³-hybridized carbons (Fsp3) is 0.304. The number of amides is 1. The highest BCUT2D eigenvalue weighted by molar-refractivity contribution is 6.04. The van der Waals surface area contributed by atoms with E-state index in [2.05, 4.69) is 26.1 Å². The van der Waals surface area contributed by atoms with E-state index in [0.717, 1.165) is 11.3 Å². The number of anilines is 1. The first-order chi connectivity index (χ1) is 13.8. The van der Waals surface area contributed by atoms with Crippen LogP contribution in [0, 0.1) is 0 Å². The van der Waals surface area contributed by atoms with Gasteiger partial charge in [-0.3, -0.25) is 4.79 Å². The van der Waals surface area contributed by atoms with E-state index in [9.17, 15) is 4.79 Å². The molecule has 152 valence electrons. The Labute approximate surface area is 171 Å². The van der Waals surface area contributed by atoms with Gasteiger partial charge in [0.15, 0.2) is 0 Å². The van der Waals surface area contributed by atoms with Gasteiger partial charge in [0.25, 0.3) is 5.91 Å². The van der Waals surface area contributed by atoms with E-state index < -0.39 is 0 Å². The van der Waals surface area contributed by atoms with Crippen molar-refractivity contribution in [3.8, 4) is 11.5 Å². The van der Waals surface area contributed by atoms with Gasteiger partial charge in [-0.05, 0) is 17.7 Å². The van der Waals surface area contributed by atoms with E-state index in [0.29, 0.717) is 29.4 Å². The summed E-state index contributed by atoms with van der Waals surface area (Å²) in [5.41, 5.74) is 2.33. The maximum atomic E-state index is 13.0. The summed E-state index contributed by atoms with van der Waals surface area (Å²) in [6.07, 6.45) is 0. The van der Waals surface area contributed by atoms with Crippen LogP contribution in [0.25, 0.3) is 0 Å². The number of ether oxygens (including phenoxy) is 2. The normalized spacial score (nSPS) is 11.2. The first-order valence-electron chi connectivity index (χ1n) is 9.47. The zero-order valence-corrected chi connectivity index (χ0v) is 17.5. The van der Waals surface area contributed by atoms with Crippen molar-refractivity contribution in [2.45, 2.75) is 32.7 Å². The van der Waals surface area contributed by atoms with Gasteiger partial charge in [0, 0.05) is 23.1 Å². The second-order valence-electron chi connectivity index (χ2n) is 7.86. The Bertz CT molecular complexity index is 966. The van der Waals surface area contributed by atoms with E-state index >= 15 is 0 Å². The largest absolute Gasteiger partial charge is 0.497 e. The van der Waals surface area contributed by atoms with Gasteiger partial charge in [-0.25, -0.2) is 4.68 Å². The molecule has 1 N–H and O–H groups in total. The molecule has 29 heavy (non-hydrogen) atoms. The molecule has 0 aliphatic carbocycles. The second kappa shape index (κ2) is 8.39. The molecule has 1 heterocycles. The van der Waals surface area contributed by atoms with Crippen LogP contribution >= 0.6 is 0 Å². The number of nitrogens with zero attached hydrogens (tertiary/aromatic N) is 2. The van der Waals surface area contributed by atoms with E-state index in [1.54, 1.807) is 32.4 Å². The molecule has 0 saturated carbocycles. The molecule has 6 heteroatoms. The minimum atomic E-state index is -0.253. The molecule has 6 nitrogen and oxygen atoms in total. The van der Waals surface area contributed by atoms with E-state index in [4.69, 9.17) is 14.6 Å². The maximum Gasteiger partial charge on any atom is 0.257 e. The smallest absolute Gasteiger partial charge is 0.257 e. The number of hydrogen-bond acceptors (Lipinski definition) is 4. The fourth-order valence-electron chi connectivity index (χ4n) is 2.89. The molecule has 0 saturated heterocycles. The minimum Gasteiger partial charge on any atom is -0.497 e. The van der Waals surface area contributed by atoms with Crippen LogP contribution in [0.2, 0.25) is 0 Å². The number of methoxy groups -OCH3 is 2. The summed E-state index contributed by atoms with van der Waals surface area (Å²) >= 11 is 0. The third kappa shape index (κ3) is 4.96. The van der Waals surface area contributed by atoms with Gasteiger partial charge >= 0.3 is 0 Å². The number of aromatic nitrogens is 2. The molecule has 3 rings (SSSR count). The molecule has 0 spiro atoms. The zero-order chi connectivity index (χ0) is 21.0. The lowest BCUT2D eigenvalue weighted by Gasteiger charge is -2.14.